The van der Waals surface area contributed by atoms with Gasteiger partial charge in [-0.05, 0) is 59.1 Å². The Bertz CT molecular complexity index is 1010. The number of amides is 1. The Morgan fingerprint density at radius 2 is 2.00 bits per heavy atom. The normalized spacial score (nSPS) is 10.9. The molecular weight excluding hydrogens is 452 g/mol. The monoisotopic (exact) mass is 472 g/mol. The fourth-order valence-electron chi connectivity index (χ4n) is 2.55. The molecule has 29 heavy (non-hydrogen) atoms. The first kappa shape index (κ1) is 21.1. The molecule has 0 aliphatic carbocycles. The number of hydrogen-bond acceptors (Lipinski definition) is 5. The van der Waals surface area contributed by atoms with E-state index in [4.69, 9.17) is 9.47 Å². The van der Waals surface area contributed by atoms with Gasteiger partial charge >= 0.3 is 0 Å². The van der Waals surface area contributed by atoms with Crippen molar-refractivity contribution in [1.82, 2.24) is 4.98 Å². The molecule has 0 aliphatic rings. The van der Waals surface area contributed by atoms with E-state index >= 15 is 0 Å². The Hall–Kier alpha value is -2.64. The number of aromatic nitrogens is 1. The van der Waals surface area contributed by atoms with Crippen LogP contribution in [-0.2, 0) is 11.4 Å². The molecule has 1 amide bonds. The lowest BCUT2D eigenvalue weighted by Crippen LogP contribution is -2.07. The topological polar surface area (TPSA) is 60.5 Å². The number of carbonyl (C=O) groups is 1. The van der Waals surface area contributed by atoms with Crippen molar-refractivity contribution in [3.8, 4) is 11.5 Å². The molecule has 0 saturated carbocycles. The van der Waals surface area contributed by atoms with Crippen LogP contribution in [0.3, 0.4) is 0 Å². The number of hydrogen-bond donors (Lipinski definition) is 1. The van der Waals surface area contributed by atoms with Gasteiger partial charge in [0.25, 0.3) is 0 Å². The van der Waals surface area contributed by atoms with Crippen LogP contribution in [0.15, 0.2) is 53.0 Å². The van der Waals surface area contributed by atoms with Gasteiger partial charge in [-0.3, -0.25) is 10.1 Å². The zero-order valence-electron chi connectivity index (χ0n) is 16.4. The van der Waals surface area contributed by atoms with Crippen LogP contribution in [0.5, 0.6) is 11.5 Å². The van der Waals surface area contributed by atoms with Gasteiger partial charge in [0.1, 0.15) is 6.61 Å². The van der Waals surface area contributed by atoms with E-state index in [-0.39, 0.29) is 5.91 Å². The lowest BCUT2D eigenvalue weighted by atomic mass is 10.2. The van der Waals surface area contributed by atoms with Crippen LogP contribution >= 0.6 is 27.3 Å². The number of thiazole rings is 1. The number of ether oxygens (including phenoxy) is 2. The first-order chi connectivity index (χ1) is 14.0. The quantitative estimate of drug-likeness (QED) is 0.443. The molecule has 3 aromatic rings. The van der Waals surface area contributed by atoms with Gasteiger partial charge in [-0.15, -0.1) is 11.3 Å². The Balaban J connectivity index is 1.70. The van der Waals surface area contributed by atoms with Gasteiger partial charge in [-0.1, -0.05) is 30.3 Å². The smallest absolute Gasteiger partial charge is 0.250 e. The number of methoxy groups -OCH3 is 1. The molecule has 0 atom stereocenters. The number of benzene rings is 2. The summed E-state index contributed by atoms with van der Waals surface area (Å²) in [7, 11) is 1.59. The van der Waals surface area contributed by atoms with E-state index in [2.05, 4.69) is 26.2 Å². The third-order valence-corrected chi connectivity index (χ3v) is 5.74. The third kappa shape index (κ3) is 5.68. The van der Waals surface area contributed by atoms with Crippen molar-refractivity contribution in [1.29, 1.82) is 0 Å². The number of nitrogens with zero attached hydrogens (tertiary/aromatic N) is 1. The van der Waals surface area contributed by atoms with E-state index in [0.717, 1.165) is 26.2 Å². The minimum atomic E-state index is -0.238. The Kier molecular flexibility index (Phi) is 7.06. The van der Waals surface area contributed by atoms with Crippen molar-refractivity contribution in [2.75, 3.05) is 12.4 Å². The highest BCUT2D eigenvalue weighted by molar-refractivity contribution is 9.10. The van der Waals surface area contributed by atoms with Gasteiger partial charge in [0.15, 0.2) is 16.6 Å². The van der Waals surface area contributed by atoms with E-state index < -0.39 is 0 Å². The van der Waals surface area contributed by atoms with Crippen molar-refractivity contribution in [2.45, 2.75) is 20.5 Å². The highest BCUT2D eigenvalue weighted by Gasteiger charge is 2.12. The minimum Gasteiger partial charge on any atom is -0.493 e. The van der Waals surface area contributed by atoms with Gasteiger partial charge in [-0.2, -0.15) is 0 Å². The summed E-state index contributed by atoms with van der Waals surface area (Å²) in [6.07, 6.45) is 3.19. The second kappa shape index (κ2) is 9.71. The van der Waals surface area contributed by atoms with E-state index in [9.17, 15) is 4.79 Å². The molecule has 2 aromatic carbocycles. The molecule has 0 fully saturated rings. The summed E-state index contributed by atoms with van der Waals surface area (Å²) in [5.41, 5.74) is 2.80. The average Bonchev–Trinajstić information content (AvgIpc) is 3.02. The molecule has 3 rings (SSSR count). The number of halogens is 1. The van der Waals surface area contributed by atoms with Crippen molar-refractivity contribution >= 4 is 44.4 Å². The second-order valence-electron chi connectivity index (χ2n) is 6.29. The molecule has 1 aromatic heterocycles. The standard InChI is InChI=1S/C22H21BrN2O3S/c1-14-15(2)29-22(24-14)25-20(26)10-9-17-11-18(23)21(19(12-17)27-3)28-13-16-7-5-4-6-8-16/h4-12H,13H2,1-3H3,(H,24,25,26)/b10-9+. The van der Waals surface area contributed by atoms with Crippen LogP contribution in [0.2, 0.25) is 0 Å². The molecular formula is C22H21BrN2O3S. The Morgan fingerprint density at radius 3 is 2.66 bits per heavy atom. The predicted molar refractivity (Wildman–Crippen MR) is 121 cm³/mol. The van der Waals surface area contributed by atoms with Crippen LogP contribution in [0.1, 0.15) is 21.7 Å². The lowest BCUT2D eigenvalue weighted by molar-refractivity contribution is -0.111. The number of anilines is 1. The molecule has 0 unspecified atom stereocenters. The molecule has 1 heterocycles. The summed E-state index contributed by atoms with van der Waals surface area (Å²) in [6.45, 7) is 4.33. The van der Waals surface area contributed by atoms with Crippen LogP contribution in [-0.4, -0.2) is 18.0 Å². The maximum absolute atomic E-state index is 12.2. The number of aryl methyl sites for hydroxylation is 2. The highest BCUT2D eigenvalue weighted by Crippen LogP contribution is 2.37. The fourth-order valence-corrected chi connectivity index (χ4v) is 3.94. The molecule has 1 N–H and O–H groups in total. The van der Waals surface area contributed by atoms with E-state index in [1.165, 1.54) is 17.4 Å². The van der Waals surface area contributed by atoms with Gasteiger partial charge < -0.3 is 9.47 Å². The first-order valence-electron chi connectivity index (χ1n) is 8.93. The largest absolute Gasteiger partial charge is 0.493 e. The summed E-state index contributed by atoms with van der Waals surface area (Å²) in [5, 5.41) is 3.38. The molecule has 7 heteroatoms. The molecule has 0 bridgehead atoms. The van der Waals surface area contributed by atoms with Crippen molar-refractivity contribution < 1.29 is 14.3 Å². The summed E-state index contributed by atoms with van der Waals surface area (Å²) in [4.78, 5) is 17.6. The van der Waals surface area contributed by atoms with Gasteiger partial charge in [0.2, 0.25) is 5.91 Å². The number of rotatable bonds is 7. The molecule has 0 saturated heterocycles. The molecule has 150 valence electrons. The predicted octanol–water partition coefficient (Wildman–Crippen LogP) is 5.76. The average molecular weight is 473 g/mol. The van der Waals surface area contributed by atoms with Gasteiger partial charge in [0.05, 0.1) is 17.3 Å². The zero-order valence-corrected chi connectivity index (χ0v) is 18.8. The second-order valence-corrected chi connectivity index (χ2v) is 8.35. The van der Waals surface area contributed by atoms with Crippen LogP contribution in [0.25, 0.3) is 6.08 Å². The summed E-state index contributed by atoms with van der Waals surface area (Å²) < 4.78 is 12.2. The van der Waals surface area contributed by atoms with Crippen molar-refractivity contribution in [2.24, 2.45) is 0 Å². The maximum Gasteiger partial charge on any atom is 0.250 e. The first-order valence-corrected chi connectivity index (χ1v) is 10.5. The van der Waals surface area contributed by atoms with Crippen molar-refractivity contribution in [3.05, 3.63) is 74.7 Å². The molecule has 0 spiro atoms. The summed E-state index contributed by atoms with van der Waals surface area (Å²) in [6, 6.07) is 13.6. The number of carbonyl (C=O) groups excluding carboxylic acids is 1. The number of nitrogens with one attached hydrogen (secondary N) is 1. The van der Waals surface area contributed by atoms with E-state index in [1.807, 2.05) is 56.3 Å². The summed E-state index contributed by atoms with van der Waals surface area (Å²) >= 11 is 4.99. The van der Waals surface area contributed by atoms with E-state index in [1.54, 1.807) is 13.2 Å². The lowest BCUT2D eigenvalue weighted by Gasteiger charge is -2.13. The molecule has 0 aliphatic heterocycles. The van der Waals surface area contributed by atoms with Crippen LogP contribution in [0.4, 0.5) is 5.13 Å². The van der Waals surface area contributed by atoms with Crippen LogP contribution in [0, 0.1) is 13.8 Å². The summed E-state index contributed by atoms with van der Waals surface area (Å²) in [5.74, 6) is 0.964. The highest BCUT2D eigenvalue weighted by atomic mass is 79.9. The minimum absolute atomic E-state index is 0.238. The van der Waals surface area contributed by atoms with E-state index in [0.29, 0.717) is 23.2 Å². The Labute approximate surface area is 182 Å². The maximum atomic E-state index is 12.2. The van der Waals surface area contributed by atoms with Crippen LogP contribution < -0.4 is 14.8 Å². The third-order valence-electron chi connectivity index (χ3n) is 4.16. The molecule has 5 nitrogen and oxygen atoms in total. The fraction of sp³-hybridized carbons (Fsp3) is 0.182. The zero-order chi connectivity index (χ0) is 20.8. The van der Waals surface area contributed by atoms with Gasteiger partial charge in [0, 0.05) is 11.0 Å². The molecule has 0 radical (unpaired) electrons. The van der Waals surface area contributed by atoms with Crippen molar-refractivity contribution in [3.63, 3.8) is 0 Å². The Morgan fingerprint density at radius 1 is 1.24 bits per heavy atom. The van der Waals surface area contributed by atoms with Gasteiger partial charge in [-0.25, -0.2) is 4.98 Å². The SMILES string of the molecule is COc1cc(/C=C/C(=O)Nc2nc(C)c(C)s2)cc(Br)c1OCc1ccccc1.